The summed E-state index contributed by atoms with van der Waals surface area (Å²) in [5.74, 6) is -0.325. The average Bonchev–Trinajstić information content (AvgIpc) is 3.18. The second-order valence-corrected chi connectivity index (χ2v) is 20.0. The van der Waals surface area contributed by atoms with E-state index in [1.807, 2.05) is 21.1 Å². The van der Waals surface area contributed by atoms with Crippen LogP contribution < -0.4 is 4.89 Å². The zero-order chi connectivity index (χ0) is 42.7. The van der Waals surface area contributed by atoms with Gasteiger partial charge in [0, 0.05) is 13.0 Å². The molecule has 2 atom stereocenters. The van der Waals surface area contributed by atoms with E-state index in [9.17, 15) is 14.3 Å². The molecule has 0 radical (unpaired) electrons. The Balaban J connectivity index is 4.08. The predicted molar refractivity (Wildman–Crippen MR) is 245 cm³/mol. The number of quaternary nitrogens is 1. The van der Waals surface area contributed by atoms with Crippen LogP contribution in [0, 0.1) is 0 Å². The van der Waals surface area contributed by atoms with E-state index in [2.05, 4.69) is 13.8 Å². The van der Waals surface area contributed by atoms with E-state index in [1.54, 1.807) is 0 Å². The molecule has 9 heteroatoms. The minimum atomic E-state index is -4.52. The molecule has 0 rings (SSSR count). The van der Waals surface area contributed by atoms with Crippen molar-refractivity contribution in [1.82, 2.24) is 0 Å². The number of carbonyl (C=O) groups is 1. The van der Waals surface area contributed by atoms with E-state index in [0.29, 0.717) is 24.1 Å². The molecule has 0 saturated heterocycles. The van der Waals surface area contributed by atoms with Crippen molar-refractivity contribution in [3.8, 4) is 0 Å². The van der Waals surface area contributed by atoms with E-state index in [4.69, 9.17) is 18.5 Å². The van der Waals surface area contributed by atoms with Gasteiger partial charge in [-0.1, -0.05) is 232 Å². The standard InChI is InChI=1S/C49H100NO7P/c1-6-8-10-12-14-16-18-20-22-23-24-25-26-27-28-30-32-34-36-38-40-42-49(51)57-48(47-56-58(52,53)55-45-43-50(3,4)5)46-54-44-41-39-37-35-33-31-29-21-19-17-15-13-11-9-7-2/h48H,6-47H2,1-5H3. The largest absolute Gasteiger partial charge is 0.756 e. The number of carbonyl (C=O) groups excluding carboxylic acids is 1. The van der Waals surface area contributed by atoms with Crippen molar-refractivity contribution >= 4 is 13.8 Å². The van der Waals surface area contributed by atoms with Gasteiger partial charge in [0.15, 0.2) is 0 Å². The summed E-state index contributed by atoms with van der Waals surface area (Å²) in [5.41, 5.74) is 0. The van der Waals surface area contributed by atoms with Crippen LogP contribution in [0.3, 0.4) is 0 Å². The van der Waals surface area contributed by atoms with E-state index in [-0.39, 0.29) is 25.8 Å². The Labute approximate surface area is 361 Å². The van der Waals surface area contributed by atoms with Crippen LogP contribution in [-0.2, 0) is 27.9 Å². The second-order valence-electron chi connectivity index (χ2n) is 18.5. The van der Waals surface area contributed by atoms with Crippen molar-refractivity contribution in [2.45, 2.75) is 258 Å². The molecule has 0 aliphatic carbocycles. The molecular weight excluding hydrogens is 746 g/mol. The molecule has 0 fully saturated rings. The molecule has 0 spiro atoms. The highest BCUT2D eigenvalue weighted by atomic mass is 31.2. The first-order valence-electron chi connectivity index (χ1n) is 25.3. The number of hydrogen-bond acceptors (Lipinski definition) is 7. The normalized spacial score (nSPS) is 13.6. The lowest BCUT2D eigenvalue weighted by Gasteiger charge is -2.28. The number of phosphoric acid groups is 1. The van der Waals surface area contributed by atoms with Crippen LogP contribution >= 0.6 is 7.82 Å². The van der Waals surface area contributed by atoms with Gasteiger partial charge in [-0.3, -0.25) is 9.36 Å². The number of phosphoric ester groups is 1. The van der Waals surface area contributed by atoms with Crippen molar-refractivity contribution in [3.05, 3.63) is 0 Å². The summed E-state index contributed by atoms with van der Waals surface area (Å²) < 4.78 is 34.7. The molecule has 0 saturated carbocycles. The van der Waals surface area contributed by atoms with Crippen molar-refractivity contribution in [2.24, 2.45) is 0 Å². The Morgan fingerprint density at radius 3 is 1.14 bits per heavy atom. The van der Waals surface area contributed by atoms with Gasteiger partial charge in [0.05, 0.1) is 34.4 Å². The van der Waals surface area contributed by atoms with E-state index in [1.165, 1.54) is 199 Å². The number of ether oxygens (including phenoxy) is 2. The first-order chi connectivity index (χ1) is 28.1. The topological polar surface area (TPSA) is 94.1 Å². The van der Waals surface area contributed by atoms with Crippen LogP contribution in [0.15, 0.2) is 0 Å². The van der Waals surface area contributed by atoms with Crippen LogP contribution in [0.5, 0.6) is 0 Å². The number of rotatable bonds is 48. The van der Waals surface area contributed by atoms with E-state index in [0.717, 1.165) is 32.1 Å². The number of nitrogens with zero attached hydrogens (tertiary/aromatic N) is 1. The molecule has 8 nitrogen and oxygen atoms in total. The van der Waals surface area contributed by atoms with Gasteiger partial charge >= 0.3 is 5.97 Å². The fourth-order valence-electron chi connectivity index (χ4n) is 7.49. The molecule has 0 amide bonds. The molecule has 0 bridgehead atoms. The third-order valence-corrected chi connectivity index (χ3v) is 12.4. The molecule has 0 heterocycles. The minimum Gasteiger partial charge on any atom is -0.756 e. The third-order valence-electron chi connectivity index (χ3n) is 11.4. The third kappa shape index (κ3) is 46.6. The van der Waals surface area contributed by atoms with Crippen LogP contribution in [-0.4, -0.2) is 70.7 Å². The Morgan fingerprint density at radius 2 is 0.793 bits per heavy atom. The first kappa shape index (κ1) is 57.5. The molecule has 348 valence electrons. The highest BCUT2D eigenvalue weighted by Crippen LogP contribution is 2.38. The number of likely N-dealkylation sites (N-methyl/N-ethyl adjacent to an activating group) is 1. The van der Waals surface area contributed by atoms with Gasteiger partial charge in [-0.15, -0.1) is 0 Å². The fraction of sp³-hybridized carbons (Fsp3) is 0.980. The van der Waals surface area contributed by atoms with E-state index >= 15 is 0 Å². The zero-order valence-corrected chi connectivity index (χ0v) is 40.4. The maximum absolute atomic E-state index is 12.7. The van der Waals surface area contributed by atoms with Crippen molar-refractivity contribution < 1.29 is 37.3 Å². The van der Waals surface area contributed by atoms with Gasteiger partial charge in [-0.25, -0.2) is 0 Å². The number of unbranched alkanes of at least 4 members (excludes halogenated alkanes) is 34. The Kier molecular flexibility index (Phi) is 42.8. The zero-order valence-electron chi connectivity index (χ0n) is 39.5. The Morgan fingerprint density at radius 1 is 0.466 bits per heavy atom. The van der Waals surface area contributed by atoms with Gasteiger partial charge in [-0.05, 0) is 12.8 Å². The smallest absolute Gasteiger partial charge is 0.306 e. The van der Waals surface area contributed by atoms with Crippen LogP contribution in [0.2, 0.25) is 0 Å². The second kappa shape index (κ2) is 43.2. The van der Waals surface area contributed by atoms with Crippen molar-refractivity contribution in [2.75, 3.05) is 54.1 Å². The van der Waals surface area contributed by atoms with Gasteiger partial charge < -0.3 is 27.9 Å². The highest BCUT2D eigenvalue weighted by molar-refractivity contribution is 7.45. The van der Waals surface area contributed by atoms with Gasteiger partial charge in [-0.2, -0.15) is 0 Å². The van der Waals surface area contributed by atoms with Crippen LogP contribution in [0.25, 0.3) is 0 Å². The summed E-state index contributed by atoms with van der Waals surface area (Å²) in [6.07, 6.45) is 46.9. The molecular formula is C49H100NO7P. The lowest BCUT2D eigenvalue weighted by molar-refractivity contribution is -0.870. The Bertz CT molecular complexity index is 899. The van der Waals surface area contributed by atoms with Gasteiger partial charge in [0.1, 0.15) is 19.3 Å². The molecule has 0 N–H and O–H groups in total. The summed E-state index contributed by atoms with van der Waals surface area (Å²) >= 11 is 0. The molecule has 2 unspecified atom stereocenters. The van der Waals surface area contributed by atoms with Crippen molar-refractivity contribution in [3.63, 3.8) is 0 Å². The quantitative estimate of drug-likeness (QED) is 0.0260. The number of hydrogen-bond donors (Lipinski definition) is 0. The lowest BCUT2D eigenvalue weighted by atomic mass is 10.0. The molecule has 0 aromatic rings. The SMILES string of the molecule is CCCCCCCCCCCCCCCCCCCCCCCC(=O)OC(COCCCCCCCCCCCCCCCCC)COP(=O)([O-])OCC[N+](C)(C)C. The monoisotopic (exact) mass is 846 g/mol. The molecule has 0 aliphatic heterocycles. The lowest BCUT2D eigenvalue weighted by Crippen LogP contribution is -2.37. The summed E-state index contributed by atoms with van der Waals surface area (Å²) in [4.78, 5) is 25.1. The average molecular weight is 846 g/mol. The van der Waals surface area contributed by atoms with Gasteiger partial charge in [0.2, 0.25) is 0 Å². The molecule has 58 heavy (non-hydrogen) atoms. The Hall–Kier alpha value is -0.500. The first-order valence-corrected chi connectivity index (χ1v) is 26.7. The number of esters is 1. The van der Waals surface area contributed by atoms with E-state index < -0.39 is 13.9 Å². The summed E-state index contributed by atoms with van der Waals surface area (Å²) in [6, 6.07) is 0. The maximum Gasteiger partial charge on any atom is 0.306 e. The fourth-order valence-corrected chi connectivity index (χ4v) is 8.22. The summed E-state index contributed by atoms with van der Waals surface area (Å²) in [7, 11) is 1.38. The predicted octanol–water partition coefficient (Wildman–Crippen LogP) is 14.6. The summed E-state index contributed by atoms with van der Waals surface area (Å²) in [6.45, 7) is 5.49. The highest BCUT2D eigenvalue weighted by Gasteiger charge is 2.20. The molecule has 0 aromatic carbocycles. The van der Waals surface area contributed by atoms with Crippen molar-refractivity contribution in [1.29, 1.82) is 0 Å². The summed E-state index contributed by atoms with van der Waals surface area (Å²) in [5, 5.41) is 0. The minimum absolute atomic E-state index is 0.0316. The van der Waals surface area contributed by atoms with Crippen LogP contribution in [0.1, 0.15) is 251 Å². The maximum atomic E-state index is 12.7. The molecule has 0 aromatic heterocycles. The van der Waals surface area contributed by atoms with Gasteiger partial charge in [0.25, 0.3) is 7.82 Å². The molecule has 0 aliphatic rings. The van der Waals surface area contributed by atoms with Crippen LogP contribution in [0.4, 0.5) is 0 Å².